The van der Waals surface area contributed by atoms with E-state index >= 15 is 0 Å². The van der Waals surface area contributed by atoms with Gasteiger partial charge in [-0.1, -0.05) is 48.5 Å². The van der Waals surface area contributed by atoms with Gasteiger partial charge in [-0.05, 0) is 38.4 Å². The molecule has 114 valence electrons. The number of aliphatic imine (C=N–C) groups is 1. The molecule has 3 nitrogen and oxygen atoms in total. The van der Waals surface area contributed by atoms with Crippen LogP contribution in [-0.2, 0) is 0 Å². The molecule has 3 rings (SSSR count). The molecule has 0 spiro atoms. The lowest BCUT2D eigenvalue weighted by atomic mass is 10.1. The lowest BCUT2D eigenvalue weighted by molar-refractivity contribution is 0.178. The van der Waals surface area contributed by atoms with Gasteiger partial charge in [-0.15, -0.1) is 0 Å². The lowest BCUT2D eigenvalue weighted by Crippen LogP contribution is -2.39. The number of thioether (sulfide) groups is 1. The monoisotopic (exact) mass is 303 g/mol. The number of piperidine rings is 1. The second-order valence-corrected chi connectivity index (χ2v) is 7.02. The molecule has 2 atom stereocenters. The molecule has 0 amide bonds. The van der Waals surface area contributed by atoms with Crippen LogP contribution in [0.15, 0.2) is 35.3 Å². The Bertz CT molecular complexity index is 468. The Labute approximate surface area is 132 Å². The average Bonchev–Trinajstić information content (AvgIpc) is 3.03. The van der Waals surface area contributed by atoms with Gasteiger partial charge in [0.2, 0.25) is 0 Å². The van der Waals surface area contributed by atoms with Crippen LogP contribution >= 0.6 is 11.8 Å². The van der Waals surface area contributed by atoms with E-state index in [0.717, 1.165) is 17.5 Å². The maximum atomic E-state index is 4.80. The summed E-state index contributed by atoms with van der Waals surface area (Å²) < 4.78 is 0. The molecule has 2 saturated heterocycles. The van der Waals surface area contributed by atoms with E-state index in [9.17, 15) is 0 Å². The molecule has 0 radical (unpaired) electrons. The van der Waals surface area contributed by atoms with E-state index in [-0.39, 0.29) is 0 Å². The highest BCUT2D eigenvalue weighted by molar-refractivity contribution is 8.14. The molecule has 2 heterocycles. The molecule has 2 unspecified atom stereocenters. The van der Waals surface area contributed by atoms with Crippen molar-refractivity contribution in [1.29, 1.82) is 0 Å². The van der Waals surface area contributed by atoms with E-state index in [1.165, 1.54) is 37.9 Å². The summed E-state index contributed by atoms with van der Waals surface area (Å²) in [7, 11) is 0. The van der Waals surface area contributed by atoms with Gasteiger partial charge >= 0.3 is 0 Å². The quantitative estimate of drug-likeness (QED) is 0.925. The van der Waals surface area contributed by atoms with Crippen molar-refractivity contribution in [2.24, 2.45) is 4.99 Å². The third-order valence-electron chi connectivity index (χ3n) is 4.40. The van der Waals surface area contributed by atoms with Crippen LogP contribution in [-0.4, -0.2) is 41.5 Å². The van der Waals surface area contributed by atoms with Gasteiger partial charge < -0.3 is 5.32 Å². The molecule has 1 aromatic rings. The van der Waals surface area contributed by atoms with Gasteiger partial charge in [0.25, 0.3) is 0 Å². The van der Waals surface area contributed by atoms with Crippen molar-refractivity contribution in [3.05, 3.63) is 35.9 Å². The van der Waals surface area contributed by atoms with E-state index < -0.39 is 0 Å². The van der Waals surface area contributed by atoms with Crippen molar-refractivity contribution >= 4 is 16.9 Å². The van der Waals surface area contributed by atoms with Crippen LogP contribution in [0.4, 0.5) is 0 Å². The Balaban J connectivity index is 1.51. The fourth-order valence-electron chi connectivity index (χ4n) is 3.04. The van der Waals surface area contributed by atoms with Gasteiger partial charge in [0.15, 0.2) is 5.17 Å². The highest BCUT2D eigenvalue weighted by Gasteiger charge is 2.22. The molecule has 2 aliphatic rings. The molecule has 0 bridgehead atoms. The smallest absolute Gasteiger partial charge is 0.157 e. The maximum Gasteiger partial charge on any atom is 0.157 e. The number of hydrogen-bond acceptors (Lipinski definition) is 3. The van der Waals surface area contributed by atoms with Crippen LogP contribution in [0.1, 0.15) is 37.8 Å². The fraction of sp³-hybridized carbons (Fsp3) is 0.588. The molecule has 1 N–H and O–H groups in total. The zero-order valence-corrected chi connectivity index (χ0v) is 13.6. The second-order valence-electron chi connectivity index (χ2n) is 6.01. The van der Waals surface area contributed by atoms with Gasteiger partial charge in [0.1, 0.15) is 0 Å². The number of nitrogens with zero attached hydrogens (tertiary/aromatic N) is 2. The Morgan fingerprint density at radius 1 is 1.24 bits per heavy atom. The molecule has 0 aromatic heterocycles. The zero-order valence-electron chi connectivity index (χ0n) is 12.8. The Hall–Kier alpha value is -1.00. The summed E-state index contributed by atoms with van der Waals surface area (Å²) in [6.45, 7) is 5.72. The number of amidine groups is 1. The summed E-state index contributed by atoms with van der Waals surface area (Å²) in [5.41, 5.74) is 1.36. The minimum Gasteiger partial charge on any atom is -0.357 e. The highest BCUT2D eigenvalue weighted by atomic mass is 32.2. The van der Waals surface area contributed by atoms with E-state index in [2.05, 4.69) is 47.5 Å². The summed E-state index contributed by atoms with van der Waals surface area (Å²) in [6.07, 6.45) is 4.10. The van der Waals surface area contributed by atoms with E-state index in [4.69, 9.17) is 4.99 Å². The minimum atomic E-state index is 0.417. The first kappa shape index (κ1) is 14.9. The second kappa shape index (κ2) is 7.32. The molecular formula is C17H25N3S. The average molecular weight is 303 g/mol. The molecule has 2 fully saturated rings. The van der Waals surface area contributed by atoms with Crippen LogP contribution in [0.5, 0.6) is 0 Å². The SMILES string of the molecule is CC(CN=C1NC(c2ccccc2)CS1)N1CCCCC1. The first-order valence-corrected chi connectivity index (χ1v) is 9.04. The van der Waals surface area contributed by atoms with Crippen LogP contribution in [0, 0.1) is 0 Å². The fourth-order valence-corrected chi connectivity index (χ4v) is 4.03. The summed E-state index contributed by atoms with van der Waals surface area (Å²) in [5.74, 6) is 1.08. The van der Waals surface area contributed by atoms with Crippen LogP contribution in [0.2, 0.25) is 0 Å². The molecule has 0 aliphatic carbocycles. The summed E-state index contributed by atoms with van der Waals surface area (Å²) in [5, 5.41) is 4.68. The van der Waals surface area contributed by atoms with Gasteiger partial charge in [0.05, 0.1) is 12.6 Å². The van der Waals surface area contributed by atoms with Gasteiger partial charge in [-0.25, -0.2) is 0 Å². The van der Waals surface area contributed by atoms with E-state index in [1.54, 1.807) is 0 Å². The molecule has 4 heteroatoms. The molecular weight excluding hydrogens is 278 g/mol. The summed E-state index contributed by atoms with van der Waals surface area (Å²) in [6, 6.07) is 11.6. The van der Waals surface area contributed by atoms with Crippen molar-refractivity contribution in [3.8, 4) is 0 Å². The van der Waals surface area contributed by atoms with Crippen LogP contribution in [0.3, 0.4) is 0 Å². The summed E-state index contributed by atoms with van der Waals surface area (Å²) >= 11 is 1.85. The number of benzene rings is 1. The molecule has 2 aliphatic heterocycles. The van der Waals surface area contributed by atoms with Crippen molar-refractivity contribution < 1.29 is 0 Å². The van der Waals surface area contributed by atoms with E-state index in [1.807, 2.05) is 11.8 Å². The van der Waals surface area contributed by atoms with Crippen LogP contribution < -0.4 is 5.32 Å². The summed E-state index contributed by atoms with van der Waals surface area (Å²) in [4.78, 5) is 7.39. The number of likely N-dealkylation sites (tertiary alicyclic amines) is 1. The molecule has 21 heavy (non-hydrogen) atoms. The van der Waals surface area contributed by atoms with Gasteiger partial charge in [-0.3, -0.25) is 9.89 Å². The standard InChI is InChI=1S/C17H25N3S/c1-14(20-10-6-3-7-11-20)12-18-17-19-16(13-21-17)15-8-4-2-5-9-15/h2,4-5,8-9,14,16H,3,6-7,10-13H2,1H3,(H,18,19). The number of rotatable bonds is 4. The first-order chi connectivity index (χ1) is 10.3. The predicted octanol–water partition coefficient (Wildman–Crippen LogP) is 3.29. The molecule has 1 aromatic carbocycles. The number of hydrogen-bond donors (Lipinski definition) is 1. The molecule has 0 saturated carbocycles. The minimum absolute atomic E-state index is 0.417. The van der Waals surface area contributed by atoms with Crippen molar-refractivity contribution in [2.75, 3.05) is 25.4 Å². The Kier molecular flexibility index (Phi) is 5.20. The highest BCUT2D eigenvalue weighted by Crippen LogP contribution is 2.26. The van der Waals surface area contributed by atoms with Crippen LogP contribution in [0.25, 0.3) is 0 Å². The van der Waals surface area contributed by atoms with Crippen molar-refractivity contribution in [2.45, 2.75) is 38.3 Å². The Morgan fingerprint density at radius 3 is 2.76 bits per heavy atom. The van der Waals surface area contributed by atoms with Crippen molar-refractivity contribution in [3.63, 3.8) is 0 Å². The maximum absolute atomic E-state index is 4.80. The number of nitrogens with one attached hydrogen (secondary N) is 1. The largest absolute Gasteiger partial charge is 0.357 e. The zero-order chi connectivity index (χ0) is 14.5. The van der Waals surface area contributed by atoms with E-state index in [0.29, 0.717) is 12.1 Å². The third kappa shape index (κ3) is 4.01. The third-order valence-corrected chi connectivity index (χ3v) is 5.42. The Morgan fingerprint density at radius 2 is 2.00 bits per heavy atom. The normalized spacial score (nSPS) is 26.7. The van der Waals surface area contributed by atoms with Gasteiger partial charge in [-0.2, -0.15) is 0 Å². The lowest BCUT2D eigenvalue weighted by Gasteiger charge is -2.31. The van der Waals surface area contributed by atoms with Gasteiger partial charge in [0, 0.05) is 11.8 Å². The predicted molar refractivity (Wildman–Crippen MR) is 92.0 cm³/mol. The topological polar surface area (TPSA) is 27.6 Å². The first-order valence-electron chi connectivity index (χ1n) is 8.06. The van der Waals surface area contributed by atoms with Crippen molar-refractivity contribution in [1.82, 2.24) is 10.2 Å².